The van der Waals surface area contributed by atoms with Crippen LogP contribution in [0.25, 0.3) is 0 Å². The van der Waals surface area contributed by atoms with Gasteiger partial charge in [-0.3, -0.25) is 9.59 Å². The first-order valence-corrected chi connectivity index (χ1v) is 9.24. The molecule has 0 unspecified atom stereocenters. The molecule has 0 spiro atoms. The van der Waals surface area contributed by atoms with E-state index in [9.17, 15) is 14.0 Å². The number of anilines is 1. The van der Waals surface area contributed by atoms with Gasteiger partial charge in [-0.1, -0.05) is 29.8 Å². The maximum Gasteiger partial charge on any atom is 0.229 e. The highest BCUT2D eigenvalue weighted by molar-refractivity contribution is 5.98. The van der Waals surface area contributed by atoms with Gasteiger partial charge in [-0.15, -0.1) is 0 Å². The van der Waals surface area contributed by atoms with Crippen LogP contribution < -0.4 is 5.32 Å². The molecule has 2 aromatic carbocycles. The molecule has 0 bridgehead atoms. The third-order valence-electron chi connectivity index (χ3n) is 5.09. The first-order chi connectivity index (χ1) is 12.8. The lowest BCUT2D eigenvalue weighted by Crippen LogP contribution is -2.30. The van der Waals surface area contributed by atoms with Crippen LogP contribution >= 0.6 is 0 Å². The quantitative estimate of drug-likeness (QED) is 0.873. The van der Waals surface area contributed by atoms with E-state index in [0.29, 0.717) is 19.5 Å². The fraction of sp³-hybridized carbons (Fsp3) is 0.364. The zero-order valence-corrected chi connectivity index (χ0v) is 16.0. The first kappa shape index (κ1) is 19.1. The van der Waals surface area contributed by atoms with Crippen molar-refractivity contribution in [3.05, 3.63) is 64.5 Å². The Morgan fingerprint density at radius 1 is 1.15 bits per heavy atom. The van der Waals surface area contributed by atoms with Crippen molar-refractivity contribution in [2.75, 3.05) is 18.4 Å². The van der Waals surface area contributed by atoms with Crippen LogP contribution in [0, 0.1) is 32.5 Å². The lowest BCUT2D eigenvalue weighted by Gasteiger charge is -2.18. The van der Waals surface area contributed by atoms with E-state index in [4.69, 9.17) is 0 Å². The van der Waals surface area contributed by atoms with Crippen LogP contribution in [0.1, 0.15) is 28.7 Å². The summed E-state index contributed by atoms with van der Waals surface area (Å²) in [7, 11) is 0. The Labute approximate surface area is 159 Å². The molecular weight excluding hydrogens is 343 g/mol. The Morgan fingerprint density at radius 2 is 1.78 bits per heavy atom. The number of carbonyl (C=O) groups excluding carboxylic acids is 2. The number of aryl methyl sites for hydroxylation is 3. The highest BCUT2D eigenvalue weighted by Crippen LogP contribution is 2.25. The fourth-order valence-corrected chi connectivity index (χ4v) is 3.68. The predicted molar refractivity (Wildman–Crippen MR) is 104 cm³/mol. The van der Waals surface area contributed by atoms with Gasteiger partial charge in [0, 0.05) is 25.2 Å². The van der Waals surface area contributed by atoms with E-state index in [0.717, 1.165) is 27.9 Å². The predicted octanol–water partition coefficient (Wildman–Crippen LogP) is 3.78. The maximum atomic E-state index is 13.0. The van der Waals surface area contributed by atoms with Crippen molar-refractivity contribution in [1.82, 2.24) is 4.90 Å². The van der Waals surface area contributed by atoms with Crippen LogP contribution in [0.15, 0.2) is 36.4 Å². The van der Waals surface area contributed by atoms with Gasteiger partial charge in [0.1, 0.15) is 5.82 Å². The van der Waals surface area contributed by atoms with E-state index < -0.39 is 0 Å². The molecular formula is C22H25FN2O2. The summed E-state index contributed by atoms with van der Waals surface area (Å²) >= 11 is 0. The molecule has 1 heterocycles. The fourth-order valence-electron chi connectivity index (χ4n) is 3.68. The van der Waals surface area contributed by atoms with Crippen molar-refractivity contribution in [1.29, 1.82) is 0 Å². The van der Waals surface area contributed by atoms with E-state index in [2.05, 4.69) is 5.32 Å². The Balaban J connectivity index is 1.59. The van der Waals surface area contributed by atoms with Crippen molar-refractivity contribution in [2.45, 2.75) is 33.6 Å². The Morgan fingerprint density at radius 3 is 2.41 bits per heavy atom. The topological polar surface area (TPSA) is 49.4 Å². The van der Waals surface area contributed by atoms with Crippen molar-refractivity contribution in [3.8, 4) is 0 Å². The highest BCUT2D eigenvalue weighted by atomic mass is 19.1. The second-order valence-electron chi connectivity index (χ2n) is 7.38. The highest BCUT2D eigenvalue weighted by Gasteiger charge is 2.34. The van der Waals surface area contributed by atoms with E-state index in [1.54, 1.807) is 17.0 Å². The van der Waals surface area contributed by atoms with Gasteiger partial charge in [-0.2, -0.15) is 0 Å². The molecule has 5 heteroatoms. The molecule has 0 saturated carbocycles. The normalized spacial score (nSPS) is 16.7. The summed E-state index contributed by atoms with van der Waals surface area (Å²) < 4.78 is 13.0. The van der Waals surface area contributed by atoms with Crippen molar-refractivity contribution in [2.24, 2.45) is 5.92 Å². The van der Waals surface area contributed by atoms with Crippen molar-refractivity contribution >= 4 is 17.5 Å². The van der Waals surface area contributed by atoms with Crippen molar-refractivity contribution < 1.29 is 14.0 Å². The summed E-state index contributed by atoms with van der Waals surface area (Å²) in [4.78, 5) is 26.7. The van der Waals surface area contributed by atoms with E-state index >= 15 is 0 Å². The van der Waals surface area contributed by atoms with E-state index in [-0.39, 0.29) is 30.0 Å². The van der Waals surface area contributed by atoms with Crippen LogP contribution in [0.3, 0.4) is 0 Å². The third kappa shape index (κ3) is 4.54. The Kier molecular flexibility index (Phi) is 5.59. The summed E-state index contributed by atoms with van der Waals surface area (Å²) in [5.74, 6) is -0.724. The summed E-state index contributed by atoms with van der Waals surface area (Å²) in [6.45, 7) is 6.95. The largest absolute Gasteiger partial charge is 0.342 e. The number of nitrogens with one attached hydrogen (secondary N) is 1. The number of hydrogen-bond donors (Lipinski definition) is 1. The van der Waals surface area contributed by atoms with Crippen LogP contribution in [0.4, 0.5) is 10.1 Å². The molecule has 1 aliphatic heterocycles. The Hall–Kier alpha value is -2.69. The van der Waals surface area contributed by atoms with Crippen LogP contribution in [0.5, 0.6) is 0 Å². The summed E-state index contributed by atoms with van der Waals surface area (Å²) in [6, 6.07) is 10.4. The molecule has 27 heavy (non-hydrogen) atoms. The van der Waals surface area contributed by atoms with Gasteiger partial charge in [-0.25, -0.2) is 4.39 Å². The molecule has 2 amide bonds. The summed E-state index contributed by atoms with van der Waals surface area (Å²) in [5.41, 5.74) is 5.02. The molecule has 0 radical (unpaired) electrons. The SMILES string of the molecule is Cc1cc(C)c(NC(=O)[C@H]2CC(=O)N(CCc3ccc(F)cc3)C2)c(C)c1. The van der Waals surface area contributed by atoms with Gasteiger partial charge in [0.15, 0.2) is 0 Å². The minimum Gasteiger partial charge on any atom is -0.342 e. The average Bonchev–Trinajstić information content (AvgIpc) is 2.98. The average molecular weight is 368 g/mol. The van der Waals surface area contributed by atoms with Gasteiger partial charge in [-0.05, 0) is 56.0 Å². The molecule has 142 valence electrons. The summed E-state index contributed by atoms with van der Waals surface area (Å²) in [5, 5.41) is 3.01. The molecule has 3 rings (SSSR count). The van der Waals surface area contributed by atoms with Gasteiger partial charge in [0.2, 0.25) is 11.8 Å². The number of hydrogen-bond acceptors (Lipinski definition) is 2. The number of benzene rings is 2. The number of amides is 2. The van der Waals surface area contributed by atoms with Gasteiger partial charge >= 0.3 is 0 Å². The number of carbonyl (C=O) groups is 2. The van der Waals surface area contributed by atoms with Crippen LogP contribution in [-0.2, 0) is 16.0 Å². The molecule has 1 saturated heterocycles. The molecule has 0 aromatic heterocycles. The molecule has 2 aromatic rings. The number of rotatable bonds is 5. The van der Waals surface area contributed by atoms with Gasteiger partial charge in [0.25, 0.3) is 0 Å². The second-order valence-corrected chi connectivity index (χ2v) is 7.38. The second kappa shape index (κ2) is 7.91. The number of nitrogens with zero attached hydrogens (tertiary/aromatic N) is 1. The Bertz CT molecular complexity index is 838. The first-order valence-electron chi connectivity index (χ1n) is 9.24. The van der Waals surface area contributed by atoms with Crippen LogP contribution in [0.2, 0.25) is 0 Å². The van der Waals surface area contributed by atoms with Crippen molar-refractivity contribution in [3.63, 3.8) is 0 Å². The molecule has 1 fully saturated rings. The maximum absolute atomic E-state index is 13.0. The minimum absolute atomic E-state index is 0.00499. The zero-order chi connectivity index (χ0) is 19.6. The monoisotopic (exact) mass is 368 g/mol. The molecule has 4 nitrogen and oxygen atoms in total. The molecule has 1 atom stereocenters. The number of likely N-dealkylation sites (tertiary alicyclic amines) is 1. The smallest absolute Gasteiger partial charge is 0.229 e. The number of halogens is 1. The minimum atomic E-state index is -0.342. The third-order valence-corrected chi connectivity index (χ3v) is 5.09. The lowest BCUT2D eigenvalue weighted by atomic mass is 10.0. The zero-order valence-electron chi connectivity index (χ0n) is 16.0. The molecule has 0 aliphatic carbocycles. The summed E-state index contributed by atoms with van der Waals surface area (Å²) in [6.07, 6.45) is 0.885. The van der Waals surface area contributed by atoms with E-state index in [1.807, 2.05) is 32.9 Å². The van der Waals surface area contributed by atoms with Gasteiger partial charge in [0.05, 0.1) is 5.92 Å². The lowest BCUT2D eigenvalue weighted by molar-refractivity contribution is -0.128. The van der Waals surface area contributed by atoms with Gasteiger partial charge < -0.3 is 10.2 Å². The van der Waals surface area contributed by atoms with Crippen LogP contribution in [-0.4, -0.2) is 29.8 Å². The molecule has 1 N–H and O–H groups in total. The standard InChI is InChI=1S/C22H25FN2O2/c1-14-10-15(2)21(16(3)11-14)24-22(27)18-12-20(26)25(13-18)9-8-17-4-6-19(23)7-5-17/h4-7,10-11,18H,8-9,12-13H2,1-3H3,(H,24,27)/t18-/m0/s1. The molecule has 1 aliphatic rings. The van der Waals surface area contributed by atoms with E-state index in [1.165, 1.54) is 12.1 Å².